The van der Waals surface area contributed by atoms with E-state index in [9.17, 15) is 9.18 Å². The normalized spacial score (nSPS) is 17.3. The van der Waals surface area contributed by atoms with Crippen molar-refractivity contribution in [3.05, 3.63) is 29.6 Å². The van der Waals surface area contributed by atoms with E-state index in [1.54, 1.807) is 0 Å². The molecule has 0 spiro atoms. The van der Waals surface area contributed by atoms with E-state index in [0.717, 1.165) is 6.07 Å². The Labute approximate surface area is 98.0 Å². The largest absolute Gasteiger partial charge is 0.490 e. The summed E-state index contributed by atoms with van der Waals surface area (Å²) in [5.74, 6) is -1.74. The molecule has 4 nitrogen and oxygen atoms in total. The highest BCUT2D eigenvalue weighted by atomic mass is 19.1. The maximum absolute atomic E-state index is 13.5. The van der Waals surface area contributed by atoms with Gasteiger partial charge in [0.1, 0.15) is 0 Å². The van der Waals surface area contributed by atoms with Crippen LogP contribution in [0.15, 0.2) is 18.2 Å². The van der Waals surface area contributed by atoms with Crippen LogP contribution < -0.4 is 4.74 Å². The van der Waals surface area contributed by atoms with Gasteiger partial charge in [0.2, 0.25) is 0 Å². The van der Waals surface area contributed by atoms with Crippen molar-refractivity contribution in [2.75, 3.05) is 19.8 Å². The Morgan fingerprint density at radius 1 is 1.59 bits per heavy atom. The van der Waals surface area contributed by atoms with Crippen molar-refractivity contribution in [2.24, 2.45) is 5.41 Å². The fourth-order valence-corrected chi connectivity index (χ4v) is 1.54. The number of halogens is 1. The summed E-state index contributed by atoms with van der Waals surface area (Å²) >= 11 is 0. The van der Waals surface area contributed by atoms with Crippen molar-refractivity contribution in [2.45, 2.75) is 6.92 Å². The second-order valence-corrected chi connectivity index (χ2v) is 4.54. The van der Waals surface area contributed by atoms with E-state index in [1.807, 2.05) is 6.92 Å². The Balaban J connectivity index is 2.03. The van der Waals surface area contributed by atoms with Gasteiger partial charge in [-0.1, -0.05) is 6.92 Å². The summed E-state index contributed by atoms with van der Waals surface area (Å²) in [6.07, 6.45) is 0. The van der Waals surface area contributed by atoms with E-state index >= 15 is 0 Å². The molecule has 1 aromatic rings. The fraction of sp³-hybridized carbons (Fsp3) is 0.417. The minimum atomic E-state index is -1.16. The molecule has 0 saturated carbocycles. The maximum atomic E-state index is 13.5. The van der Waals surface area contributed by atoms with E-state index in [1.165, 1.54) is 12.1 Å². The lowest BCUT2D eigenvalue weighted by atomic mass is 9.90. The molecule has 0 unspecified atom stereocenters. The zero-order valence-electron chi connectivity index (χ0n) is 9.40. The molecule has 1 aliphatic rings. The minimum Gasteiger partial charge on any atom is -0.490 e. The lowest BCUT2D eigenvalue weighted by Crippen LogP contribution is -2.44. The predicted octanol–water partition coefficient (Wildman–Crippen LogP) is 1.94. The smallest absolute Gasteiger partial charge is 0.335 e. The fourth-order valence-electron chi connectivity index (χ4n) is 1.54. The van der Waals surface area contributed by atoms with E-state index < -0.39 is 11.8 Å². The first-order valence-electron chi connectivity index (χ1n) is 5.24. The zero-order chi connectivity index (χ0) is 12.5. The molecule has 92 valence electrons. The zero-order valence-corrected chi connectivity index (χ0v) is 9.40. The van der Waals surface area contributed by atoms with Crippen molar-refractivity contribution >= 4 is 5.97 Å². The standard InChI is InChI=1S/C12H13FO4/c1-12(5-16-6-12)7-17-10-3-2-8(11(14)15)4-9(10)13/h2-4H,5-7H2,1H3,(H,14,15). The lowest BCUT2D eigenvalue weighted by Gasteiger charge is -2.37. The monoisotopic (exact) mass is 240 g/mol. The summed E-state index contributed by atoms with van der Waals surface area (Å²) in [6, 6.07) is 3.61. The first-order chi connectivity index (χ1) is 8.00. The summed E-state index contributed by atoms with van der Waals surface area (Å²) in [6.45, 7) is 3.54. The van der Waals surface area contributed by atoms with Gasteiger partial charge in [0, 0.05) is 5.41 Å². The Bertz CT molecular complexity index is 440. The molecule has 0 aliphatic carbocycles. The van der Waals surface area contributed by atoms with Crippen LogP contribution in [-0.4, -0.2) is 30.9 Å². The van der Waals surface area contributed by atoms with Gasteiger partial charge in [-0.2, -0.15) is 0 Å². The third-order valence-electron chi connectivity index (χ3n) is 2.66. The third-order valence-corrected chi connectivity index (χ3v) is 2.66. The lowest BCUT2D eigenvalue weighted by molar-refractivity contribution is -0.120. The predicted molar refractivity (Wildman–Crippen MR) is 57.8 cm³/mol. The molecule has 5 heteroatoms. The van der Waals surface area contributed by atoms with Gasteiger partial charge in [0.15, 0.2) is 11.6 Å². The number of ether oxygens (including phenoxy) is 2. The van der Waals surface area contributed by atoms with Gasteiger partial charge in [0.05, 0.1) is 25.4 Å². The summed E-state index contributed by atoms with van der Waals surface area (Å²) in [5, 5.41) is 8.68. The number of carboxylic acid groups (broad SMARTS) is 1. The van der Waals surface area contributed by atoms with Crippen molar-refractivity contribution < 1.29 is 23.8 Å². The van der Waals surface area contributed by atoms with Crippen LogP contribution in [0, 0.1) is 11.2 Å². The van der Waals surface area contributed by atoms with Gasteiger partial charge in [0.25, 0.3) is 0 Å². The van der Waals surface area contributed by atoms with Gasteiger partial charge in [-0.15, -0.1) is 0 Å². The van der Waals surface area contributed by atoms with Crippen LogP contribution >= 0.6 is 0 Å². The van der Waals surface area contributed by atoms with Crippen LogP contribution in [0.3, 0.4) is 0 Å². The van der Waals surface area contributed by atoms with Crippen LogP contribution in [0.1, 0.15) is 17.3 Å². The number of hydrogen-bond acceptors (Lipinski definition) is 3. The van der Waals surface area contributed by atoms with Crippen LogP contribution in [0.4, 0.5) is 4.39 Å². The molecule has 1 N–H and O–H groups in total. The minimum absolute atomic E-state index is 0.0715. The number of carbonyl (C=O) groups is 1. The first kappa shape index (κ1) is 11.9. The molecular formula is C12H13FO4. The summed E-state index contributed by atoms with van der Waals surface area (Å²) in [4.78, 5) is 10.6. The first-order valence-corrected chi connectivity index (χ1v) is 5.24. The quantitative estimate of drug-likeness (QED) is 0.873. The van der Waals surface area contributed by atoms with E-state index in [-0.39, 0.29) is 16.7 Å². The molecule has 0 radical (unpaired) electrons. The molecule has 2 rings (SSSR count). The molecule has 0 atom stereocenters. The highest BCUT2D eigenvalue weighted by Gasteiger charge is 2.34. The van der Waals surface area contributed by atoms with Gasteiger partial charge in [-0.05, 0) is 18.2 Å². The summed E-state index contributed by atoms with van der Waals surface area (Å²) in [7, 11) is 0. The van der Waals surface area contributed by atoms with Crippen molar-refractivity contribution in [3.63, 3.8) is 0 Å². The molecular weight excluding hydrogens is 227 g/mol. The molecule has 17 heavy (non-hydrogen) atoms. The molecule has 1 aromatic carbocycles. The molecule has 0 bridgehead atoms. The SMILES string of the molecule is CC1(COc2ccc(C(=O)O)cc2F)COC1. The van der Waals surface area contributed by atoms with Crippen LogP contribution in [-0.2, 0) is 4.74 Å². The molecule has 0 amide bonds. The van der Waals surface area contributed by atoms with E-state index in [4.69, 9.17) is 14.6 Å². The number of aromatic carboxylic acids is 1. The molecule has 1 heterocycles. The molecule has 1 fully saturated rings. The maximum Gasteiger partial charge on any atom is 0.335 e. The Morgan fingerprint density at radius 2 is 2.29 bits per heavy atom. The second-order valence-electron chi connectivity index (χ2n) is 4.54. The average Bonchev–Trinajstić information content (AvgIpc) is 2.24. The molecule has 1 saturated heterocycles. The van der Waals surface area contributed by atoms with Gasteiger partial charge >= 0.3 is 5.97 Å². The number of hydrogen-bond donors (Lipinski definition) is 1. The second kappa shape index (κ2) is 4.33. The third kappa shape index (κ3) is 2.55. The van der Waals surface area contributed by atoms with Crippen molar-refractivity contribution in [3.8, 4) is 5.75 Å². The number of benzene rings is 1. The average molecular weight is 240 g/mol. The van der Waals surface area contributed by atoms with Crippen LogP contribution in [0.2, 0.25) is 0 Å². The van der Waals surface area contributed by atoms with E-state index in [2.05, 4.69) is 0 Å². The van der Waals surface area contributed by atoms with Crippen LogP contribution in [0.5, 0.6) is 5.75 Å². The highest BCUT2D eigenvalue weighted by Crippen LogP contribution is 2.28. The van der Waals surface area contributed by atoms with Crippen molar-refractivity contribution in [1.29, 1.82) is 0 Å². The number of carboxylic acids is 1. The van der Waals surface area contributed by atoms with Crippen molar-refractivity contribution in [1.82, 2.24) is 0 Å². The van der Waals surface area contributed by atoms with E-state index in [0.29, 0.717) is 19.8 Å². The highest BCUT2D eigenvalue weighted by molar-refractivity contribution is 5.87. The van der Waals surface area contributed by atoms with Gasteiger partial charge in [-0.3, -0.25) is 0 Å². The Kier molecular flexibility index (Phi) is 3.02. The molecule has 1 aliphatic heterocycles. The molecule has 0 aromatic heterocycles. The Morgan fingerprint density at radius 3 is 2.76 bits per heavy atom. The Hall–Kier alpha value is -1.62. The number of rotatable bonds is 4. The topological polar surface area (TPSA) is 55.8 Å². The van der Waals surface area contributed by atoms with Gasteiger partial charge < -0.3 is 14.6 Å². The van der Waals surface area contributed by atoms with Gasteiger partial charge in [-0.25, -0.2) is 9.18 Å². The van der Waals surface area contributed by atoms with Crippen LogP contribution in [0.25, 0.3) is 0 Å². The summed E-state index contributed by atoms with van der Waals surface area (Å²) < 4.78 is 23.9. The summed E-state index contributed by atoms with van der Waals surface area (Å²) in [5.41, 5.74) is -0.161.